The van der Waals surface area contributed by atoms with Gasteiger partial charge in [0.05, 0.1) is 18.2 Å². The lowest BCUT2D eigenvalue weighted by molar-refractivity contribution is -0.122. The zero-order valence-corrected chi connectivity index (χ0v) is 15.4. The van der Waals surface area contributed by atoms with Crippen molar-refractivity contribution in [3.63, 3.8) is 0 Å². The molecule has 2 rings (SSSR count). The Bertz CT molecular complexity index is 628. The summed E-state index contributed by atoms with van der Waals surface area (Å²) < 4.78 is 0. The number of nitrogens with zero attached hydrogens (tertiary/aromatic N) is 2. The molecule has 1 unspecified atom stereocenters. The minimum Gasteiger partial charge on any atom is -0.355 e. The highest BCUT2D eigenvalue weighted by atomic mass is 16.2. The summed E-state index contributed by atoms with van der Waals surface area (Å²) in [5.41, 5.74) is 3.28. The van der Waals surface area contributed by atoms with Gasteiger partial charge in [0.1, 0.15) is 0 Å². The van der Waals surface area contributed by atoms with E-state index in [2.05, 4.69) is 36.2 Å². The van der Waals surface area contributed by atoms with Gasteiger partial charge in [-0.1, -0.05) is 30.7 Å². The van der Waals surface area contributed by atoms with Crippen LogP contribution in [0.3, 0.4) is 0 Å². The third-order valence-electron chi connectivity index (χ3n) is 4.98. The van der Waals surface area contributed by atoms with Crippen LogP contribution in [0.4, 0.5) is 0 Å². The second kappa shape index (κ2) is 10.0. The zero-order chi connectivity index (χ0) is 18.1. The van der Waals surface area contributed by atoms with Crippen molar-refractivity contribution in [3.05, 3.63) is 47.0 Å². The van der Waals surface area contributed by atoms with Crippen LogP contribution in [0.5, 0.6) is 0 Å². The normalized spacial score (nSPS) is 15.4. The molecule has 0 bridgehead atoms. The molecule has 25 heavy (non-hydrogen) atoms. The van der Waals surface area contributed by atoms with Crippen LogP contribution in [-0.2, 0) is 4.79 Å². The summed E-state index contributed by atoms with van der Waals surface area (Å²) in [6.45, 7) is 6.11. The highest BCUT2D eigenvalue weighted by Crippen LogP contribution is 2.21. The van der Waals surface area contributed by atoms with Gasteiger partial charge in [0, 0.05) is 12.6 Å². The summed E-state index contributed by atoms with van der Waals surface area (Å²) in [4.78, 5) is 14.4. The fourth-order valence-electron chi connectivity index (χ4n) is 3.30. The maximum absolute atomic E-state index is 12.3. The molecule has 0 spiro atoms. The van der Waals surface area contributed by atoms with E-state index in [1.807, 2.05) is 24.3 Å². The first-order valence-corrected chi connectivity index (χ1v) is 9.32. The van der Waals surface area contributed by atoms with Gasteiger partial charge in [-0.25, -0.2) is 0 Å². The van der Waals surface area contributed by atoms with Crippen molar-refractivity contribution in [3.8, 4) is 6.07 Å². The van der Waals surface area contributed by atoms with Gasteiger partial charge in [0.2, 0.25) is 5.91 Å². The Hall–Kier alpha value is -2.12. The largest absolute Gasteiger partial charge is 0.355 e. The molecule has 1 aromatic rings. The van der Waals surface area contributed by atoms with Gasteiger partial charge in [-0.05, 0) is 63.3 Å². The lowest BCUT2D eigenvalue weighted by Crippen LogP contribution is -2.39. The molecule has 134 valence electrons. The van der Waals surface area contributed by atoms with Gasteiger partial charge < -0.3 is 5.32 Å². The molecule has 0 aromatic heterocycles. The second-order valence-corrected chi connectivity index (χ2v) is 6.68. The van der Waals surface area contributed by atoms with Crippen LogP contribution in [0.15, 0.2) is 35.9 Å². The number of carbonyl (C=O) groups is 1. The molecule has 0 radical (unpaired) electrons. The van der Waals surface area contributed by atoms with Gasteiger partial charge in [-0.15, -0.1) is 0 Å². The van der Waals surface area contributed by atoms with Crippen molar-refractivity contribution in [2.75, 3.05) is 19.6 Å². The van der Waals surface area contributed by atoms with E-state index >= 15 is 0 Å². The van der Waals surface area contributed by atoms with Crippen molar-refractivity contribution in [2.45, 2.75) is 52.0 Å². The standard InChI is InChI=1S/C21H29N3O/c1-3-24(17(2)20-11-9-19(15-22)10-12-20)16-21(25)23-14-13-18-7-5-4-6-8-18/h7,9-12,17H,3-6,8,13-14,16H2,1-2H3,(H,23,25). The van der Waals surface area contributed by atoms with Crippen LogP contribution in [0, 0.1) is 11.3 Å². The smallest absolute Gasteiger partial charge is 0.234 e. The van der Waals surface area contributed by atoms with Crippen molar-refractivity contribution >= 4 is 5.91 Å². The number of allylic oxidation sites excluding steroid dienone is 1. The molecule has 0 aliphatic heterocycles. The number of hydrogen-bond donors (Lipinski definition) is 1. The minimum atomic E-state index is 0.0822. The number of rotatable bonds is 8. The van der Waals surface area contributed by atoms with E-state index in [9.17, 15) is 4.79 Å². The predicted octanol–water partition coefficient (Wildman–Crippen LogP) is 3.95. The first-order chi connectivity index (χ1) is 12.1. The van der Waals surface area contributed by atoms with E-state index in [0.29, 0.717) is 12.1 Å². The van der Waals surface area contributed by atoms with E-state index in [0.717, 1.165) is 25.1 Å². The Morgan fingerprint density at radius 1 is 1.32 bits per heavy atom. The summed E-state index contributed by atoms with van der Waals surface area (Å²) in [7, 11) is 0. The summed E-state index contributed by atoms with van der Waals surface area (Å²) in [5.74, 6) is 0.0822. The number of nitriles is 1. The lowest BCUT2D eigenvalue weighted by Gasteiger charge is -2.27. The molecule has 4 nitrogen and oxygen atoms in total. The van der Waals surface area contributed by atoms with Gasteiger partial charge in [0.15, 0.2) is 0 Å². The van der Waals surface area contributed by atoms with Crippen LogP contribution in [-0.4, -0.2) is 30.4 Å². The van der Waals surface area contributed by atoms with E-state index in [1.54, 1.807) is 0 Å². The summed E-state index contributed by atoms with van der Waals surface area (Å²) >= 11 is 0. The average Bonchev–Trinajstić information content (AvgIpc) is 2.66. The number of hydrogen-bond acceptors (Lipinski definition) is 3. The molecule has 1 aromatic carbocycles. The lowest BCUT2D eigenvalue weighted by atomic mass is 9.97. The topological polar surface area (TPSA) is 56.1 Å². The van der Waals surface area contributed by atoms with Gasteiger partial charge >= 0.3 is 0 Å². The number of carbonyl (C=O) groups excluding carboxylic acids is 1. The summed E-state index contributed by atoms with van der Waals surface area (Å²) in [5, 5.41) is 12.0. The predicted molar refractivity (Wildman–Crippen MR) is 101 cm³/mol. The third kappa shape index (κ3) is 6.03. The fraction of sp³-hybridized carbons (Fsp3) is 0.524. The molecule has 1 aliphatic rings. The van der Waals surface area contributed by atoms with Crippen molar-refractivity contribution in [1.82, 2.24) is 10.2 Å². The number of likely N-dealkylation sites (N-methyl/N-ethyl adjacent to an activating group) is 1. The maximum Gasteiger partial charge on any atom is 0.234 e. The van der Waals surface area contributed by atoms with Gasteiger partial charge in [-0.2, -0.15) is 5.26 Å². The van der Waals surface area contributed by atoms with Crippen LogP contribution < -0.4 is 5.32 Å². The van der Waals surface area contributed by atoms with Crippen LogP contribution in [0.2, 0.25) is 0 Å². The van der Waals surface area contributed by atoms with Crippen LogP contribution in [0.25, 0.3) is 0 Å². The molecule has 4 heteroatoms. The van der Waals surface area contributed by atoms with Gasteiger partial charge in [0.25, 0.3) is 0 Å². The quantitative estimate of drug-likeness (QED) is 0.730. The highest BCUT2D eigenvalue weighted by Gasteiger charge is 2.17. The molecule has 1 aliphatic carbocycles. The van der Waals surface area contributed by atoms with Crippen LogP contribution >= 0.6 is 0 Å². The Kier molecular flexibility index (Phi) is 7.69. The molecule has 0 saturated carbocycles. The first-order valence-electron chi connectivity index (χ1n) is 9.32. The third-order valence-corrected chi connectivity index (χ3v) is 4.98. The first kappa shape index (κ1) is 19.2. The Labute approximate surface area is 151 Å². The molecular formula is C21H29N3O. The Morgan fingerprint density at radius 3 is 2.68 bits per heavy atom. The molecule has 1 atom stereocenters. The van der Waals surface area contributed by atoms with Crippen molar-refractivity contribution in [2.24, 2.45) is 0 Å². The number of benzene rings is 1. The molecule has 1 N–H and O–H groups in total. The molecule has 1 amide bonds. The monoisotopic (exact) mass is 339 g/mol. The summed E-state index contributed by atoms with van der Waals surface area (Å²) in [6.07, 6.45) is 8.27. The SMILES string of the molecule is CCN(CC(=O)NCCC1=CCCCC1)C(C)c1ccc(C#N)cc1. The maximum atomic E-state index is 12.3. The van der Waals surface area contributed by atoms with Crippen LogP contribution in [0.1, 0.15) is 63.1 Å². The van der Waals surface area contributed by atoms with E-state index in [1.165, 1.54) is 31.3 Å². The van der Waals surface area contributed by atoms with Crippen molar-refractivity contribution < 1.29 is 4.79 Å². The van der Waals surface area contributed by atoms with E-state index in [-0.39, 0.29) is 11.9 Å². The fourth-order valence-corrected chi connectivity index (χ4v) is 3.30. The molecular weight excluding hydrogens is 310 g/mol. The molecule has 0 heterocycles. The highest BCUT2D eigenvalue weighted by molar-refractivity contribution is 5.78. The Morgan fingerprint density at radius 2 is 2.08 bits per heavy atom. The Balaban J connectivity index is 1.81. The number of nitrogens with one attached hydrogen (secondary N) is 1. The summed E-state index contributed by atoms with van der Waals surface area (Å²) in [6, 6.07) is 9.88. The number of amides is 1. The molecule has 0 saturated heterocycles. The average molecular weight is 339 g/mol. The van der Waals surface area contributed by atoms with E-state index < -0.39 is 0 Å². The van der Waals surface area contributed by atoms with Crippen molar-refractivity contribution in [1.29, 1.82) is 5.26 Å². The second-order valence-electron chi connectivity index (χ2n) is 6.68. The zero-order valence-electron chi connectivity index (χ0n) is 15.4. The minimum absolute atomic E-state index is 0.0822. The van der Waals surface area contributed by atoms with E-state index in [4.69, 9.17) is 5.26 Å². The molecule has 0 fully saturated rings. The van der Waals surface area contributed by atoms with Gasteiger partial charge in [-0.3, -0.25) is 9.69 Å².